The van der Waals surface area contributed by atoms with Crippen molar-refractivity contribution in [1.82, 2.24) is 4.98 Å². The minimum Gasteiger partial charge on any atom is -0.507 e. The van der Waals surface area contributed by atoms with Gasteiger partial charge < -0.3 is 9.84 Å². The van der Waals surface area contributed by atoms with Crippen molar-refractivity contribution in [2.75, 3.05) is 12.0 Å². The molecule has 5 rings (SSSR count). The molecular formula is C26H20N2O4S. The second-order valence-electron chi connectivity index (χ2n) is 7.78. The SMILES string of the molecule is COc1cccc(/C(O)=C2\C(=O)C(=O)N(c3nc4ccc(C)cc4s3)[C@H]2c2ccccc2)c1. The lowest BCUT2D eigenvalue weighted by atomic mass is 9.95. The van der Waals surface area contributed by atoms with E-state index in [1.54, 1.807) is 24.3 Å². The number of nitrogens with zero attached hydrogens (tertiary/aromatic N) is 2. The molecule has 3 aromatic carbocycles. The Balaban J connectivity index is 1.72. The third-order valence-corrected chi connectivity index (χ3v) is 6.66. The molecule has 4 aromatic rings. The number of benzene rings is 3. The molecule has 1 aliphatic heterocycles. The molecule has 1 N–H and O–H groups in total. The molecule has 164 valence electrons. The fourth-order valence-corrected chi connectivity index (χ4v) is 5.12. The van der Waals surface area contributed by atoms with Crippen molar-refractivity contribution in [3.8, 4) is 5.75 Å². The Morgan fingerprint density at radius 3 is 2.58 bits per heavy atom. The number of hydrogen-bond donors (Lipinski definition) is 1. The Hall–Kier alpha value is -3.97. The Morgan fingerprint density at radius 1 is 1.03 bits per heavy atom. The van der Waals surface area contributed by atoms with Crippen molar-refractivity contribution in [2.24, 2.45) is 0 Å². The third-order valence-electron chi connectivity index (χ3n) is 5.64. The number of methoxy groups -OCH3 is 1. The van der Waals surface area contributed by atoms with Crippen LogP contribution in [0.2, 0.25) is 0 Å². The van der Waals surface area contributed by atoms with Crippen LogP contribution in [-0.2, 0) is 9.59 Å². The van der Waals surface area contributed by atoms with Crippen molar-refractivity contribution in [2.45, 2.75) is 13.0 Å². The van der Waals surface area contributed by atoms with E-state index in [9.17, 15) is 14.7 Å². The normalized spacial score (nSPS) is 17.6. The largest absolute Gasteiger partial charge is 0.507 e. The van der Waals surface area contributed by atoms with E-state index in [1.165, 1.54) is 23.3 Å². The van der Waals surface area contributed by atoms with E-state index in [2.05, 4.69) is 4.98 Å². The summed E-state index contributed by atoms with van der Waals surface area (Å²) in [7, 11) is 1.52. The van der Waals surface area contributed by atoms with Gasteiger partial charge in [0.2, 0.25) is 0 Å². The van der Waals surface area contributed by atoms with E-state index in [4.69, 9.17) is 4.74 Å². The molecule has 0 unspecified atom stereocenters. The molecule has 1 atom stereocenters. The van der Waals surface area contributed by atoms with Crippen LogP contribution in [0, 0.1) is 6.92 Å². The van der Waals surface area contributed by atoms with E-state index in [-0.39, 0.29) is 11.3 Å². The Labute approximate surface area is 194 Å². The summed E-state index contributed by atoms with van der Waals surface area (Å²) >= 11 is 1.35. The number of carbonyl (C=O) groups excluding carboxylic acids is 2. The second-order valence-corrected chi connectivity index (χ2v) is 8.79. The number of ether oxygens (including phenoxy) is 1. The van der Waals surface area contributed by atoms with Crippen molar-refractivity contribution in [1.29, 1.82) is 0 Å². The molecule has 0 saturated carbocycles. The standard InChI is InChI=1S/C26H20N2O4S/c1-15-11-12-19-20(13-15)33-26(27-19)28-22(16-7-4-3-5-8-16)21(24(30)25(28)31)23(29)17-9-6-10-18(14-17)32-2/h3-14,22,29H,1-2H3/b23-21+/t22-/m0/s1. The van der Waals surface area contributed by atoms with Crippen LogP contribution in [0.25, 0.3) is 16.0 Å². The molecule has 1 saturated heterocycles. The summed E-state index contributed by atoms with van der Waals surface area (Å²) in [5, 5.41) is 11.6. The van der Waals surface area contributed by atoms with Gasteiger partial charge in [0.15, 0.2) is 5.13 Å². The summed E-state index contributed by atoms with van der Waals surface area (Å²) in [5.74, 6) is -1.18. The van der Waals surface area contributed by atoms with Gasteiger partial charge in [0, 0.05) is 5.56 Å². The fourth-order valence-electron chi connectivity index (χ4n) is 4.03. The maximum atomic E-state index is 13.3. The molecule has 2 heterocycles. The Bertz CT molecular complexity index is 1420. The van der Waals surface area contributed by atoms with Crippen molar-refractivity contribution in [3.05, 3.63) is 95.1 Å². The molecular weight excluding hydrogens is 436 g/mol. The molecule has 33 heavy (non-hydrogen) atoms. The zero-order chi connectivity index (χ0) is 23.1. The van der Waals surface area contributed by atoms with E-state index < -0.39 is 17.7 Å². The molecule has 1 aromatic heterocycles. The Morgan fingerprint density at radius 2 is 1.82 bits per heavy atom. The van der Waals surface area contributed by atoms with E-state index >= 15 is 0 Å². The summed E-state index contributed by atoms with van der Waals surface area (Å²) in [4.78, 5) is 32.6. The minimum absolute atomic E-state index is 0.0230. The quantitative estimate of drug-likeness (QED) is 0.258. The molecule has 0 aliphatic carbocycles. The van der Waals surface area contributed by atoms with Crippen LogP contribution in [0.15, 0.2) is 78.4 Å². The summed E-state index contributed by atoms with van der Waals surface area (Å²) in [6.45, 7) is 1.99. The van der Waals surface area contributed by atoms with Crippen LogP contribution in [0.5, 0.6) is 5.75 Å². The first kappa shape index (κ1) is 20.9. The lowest BCUT2D eigenvalue weighted by Crippen LogP contribution is -2.29. The van der Waals surface area contributed by atoms with Gasteiger partial charge in [-0.1, -0.05) is 59.9 Å². The van der Waals surface area contributed by atoms with Gasteiger partial charge in [0.1, 0.15) is 11.5 Å². The molecule has 6 nitrogen and oxygen atoms in total. The van der Waals surface area contributed by atoms with Gasteiger partial charge in [-0.15, -0.1) is 0 Å². The average Bonchev–Trinajstić information content (AvgIpc) is 3.37. The lowest BCUT2D eigenvalue weighted by molar-refractivity contribution is -0.132. The number of thiazole rings is 1. The number of carbonyl (C=O) groups is 2. The van der Waals surface area contributed by atoms with Gasteiger partial charge in [0.25, 0.3) is 5.78 Å². The highest BCUT2D eigenvalue weighted by Crippen LogP contribution is 2.44. The molecule has 1 fully saturated rings. The maximum Gasteiger partial charge on any atom is 0.301 e. The lowest BCUT2D eigenvalue weighted by Gasteiger charge is -2.22. The number of amides is 1. The van der Waals surface area contributed by atoms with Crippen molar-refractivity contribution >= 4 is 44.1 Å². The molecule has 0 bridgehead atoms. The van der Waals surface area contributed by atoms with Crippen LogP contribution in [0.1, 0.15) is 22.7 Å². The van der Waals surface area contributed by atoms with Crippen LogP contribution in [0.4, 0.5) is 5.13 Å². The summed E-state index contributed by atoms with van der Waals surface area (Å²) in [5.41, 5.74) is 2.96. The number of anilines is 1. The molecule has 0 radical (unpaired) electrons. The van der Waals surface area contributed by atoms with Crippen LogP contribution in [0.3, 0.4) is 0 Å². The Kier molecular flexibility index (Phi) is 5.18. The number of Topliss-reactive ketones (excluding diaryl/α,β-unsaturated/α-hetero) is 1. The first-order chi connectivity index (χ1) is 16.0. The van der Waals surface area contributed by atoms with Gasteiger partial charge in [0.05, 0.1) is 28.9 Å². The van der Waals surface area contributed by atoms with Crippen LogP contribution < -0.4 is 9.64 Å². The van der Waals surface area contributed by atoms with Crippen molar-refractivity contribution < 1.29 is 19.4 Å². The third kappa shape index (κ3) is 3.56. The van der Waals surface area contributed by atoms with Gasteiger partial charge in [-0.05, 0) is 42.3 Å². The zero-order valence-corrected chi connectivity index (χ0v) is 18.8. The van der Waals surface area contributed by atoms with E-state index in [0.717, 1.165) is 15.8 Å². The fraction of sp³-hybridized carbons (Fsp3) is 0.115. The number of aliphatic hydroxyl groups excluding tert-OH is 1. The minimum atomic E-state index is -0.806. The number of fused-ring (bicyclic) bond motifs is 1. The van der Waals surface area contributed by atoms with Gasteiger partial charge in [-0.2, -0.15) is 0 Å². The molecule has 0 spiro atoms. The van der Waals surface area contributed by atoms with Gasteiger partial charge >= 0.3 is 5.91 Å². The highest BCUT2D eigenvalue weighted by molar-refractivity contribution is 7.22. The molecule has 7 heteroatoms. The van der Waals surface area contributed by atoms with Crippen LogP contribution >= 0.6 is 11.3 Å². The first-order valence-electron chi connectivity index (χ1n) is 10.4. The summed E-state index contributed by atoms with van der Waals surface area (Å²) in [6, 6.07) is 21.0. The zero-order valence-electron chi connectivity index (χ0n) is 18.0. The number of hydrogen-bond acceptors (Lipinski definition) is 6. The highest BCUT2D eigenvalue weighted by atomic mass is 32.1. The average molecular weight is 457 g/mol. The number of aromatic nitrogens is 1. The second kappa shape index (κ2) is 8.18. The first-order valence-corrected chi connectivity index (χ1v) is 11.2. The number of ketones is 1. The number of rotatable bonds is 4. The monoisotopic (exact) mass is 456 g/mol. The van der Waals surface area contributed by atoms with Crippen LogP contribution in [-0.4, -0.2) is 28.9 Å². The molecule has 1 amide bonds. The topological polar surface area (TPSA) is 79.7 Å². The van der Waals surface area contributed by atoms with Gasteiger partial charge in [-0.25, -0.2) is 4.98 Å². The van der Waals surface area contributed by atoms with E-state index in [0.29, 0.717) is 22.0 Å². The smallest absolute Gasteiger partial charge is 0.301 e. The molecule has 1 aliphatic rings. The highest BCUT2D eigenvalue weighted by Gasteiger charge is 2.48. The van der Waals surface area contributed by atoms with Gasteiger partial charge in [-0.3, -0.25) is 14.5 Å². The number of aryl methyl sites for hydroxylation is 1. The summed E-state index contributed by atoms with van der Waals surface area (Å²) in [6.07, 6.45) is 0. The van der Waals surface area contributed by atoms with E-state index in [1.807, 2.05) is 55.5 Å². The predicted molar refractivity (Wildman–Crippen MR) is 129 cm³/mol. The predicted octanol–water partition coefficient (Wildman–Crippen LogP) is 5.24. The van der Waals surface area contributed by atoms with Crippen molar-refractivity contribution in [3.63, 3.8) is 0 Å². The number of aliphatic hydroxyl groups is 1. The maximum absolute atomic E-state index is 13.3. The summed E-state index contributed by atoms with van der Waals surface area (Å²) < 4.78 is 6.18.